The van der Waals surface area contributed by atoms with Gasteiger partial charge in [-0.3, -0.25) is 4.79 Å². The number of ether oxygens (including phenoxy) is 2. The first-order valence-corrected chi connectivity index (χ1v) is 8.71. The second-order valence-electron chi connectivity index (χ2n) is 5.80. The fraction of sp³-hybridized carbons (Fsp3) is 0.867. The molecular formula is C15H26O3S2. The Labute approximate surface area is 132 Å². The van der Waals surface area contributed by atoms with Crippen LogP contribution in [-0.2, 0) is 14.3 Å². The molecule has 0 amide bonds. The Balaban J connectivity index is 2.55. The number of hydrogen-bond donors (Lipinski definition) is 0. The molecule has 0 aromatic heterocycles. The lowest BCUT2D eigenvalue weighted by Gasteiger charge is -2.36. The van der Waals surface area contributed by atoms with Gasteiger partial charge in [0.05, 0.1) is 6.61 Å². The number of carbonyl (C=O) groups is 1. The highest BCUT2D eigenvalue weighted by atomic mass is 32.2. The first-order chi connectivity index (χ1) is 9.45. The lowest BCUT2D eigenvalue weighted by atomic mass is 9.73. The SMILES string of the molecule is CCOC(=S)SC(COC(C)=O)CC1(C)CCCCC1. The van der Waals surface area contributed by atoms with Crippen LogP contribution < -0.4 is 0 Å². The maximum Gasteiger partial charge on any atom is 0.302 e. The van der Waals surface area contributed by atoms with E-state index in [2.05, 4.69) is 6.92 Å². The third-order valence-electron chi connectivity index (χ3n) is 3.78. The van der Waals surface area contributed by atoms with E-state index in [9.17, 15) is 4.79 Å². The zero-order valence-corrected chi connectivity index (χ0v) is 14.4. The Morgan fingerprint density at radius 1 is 1.30 bits per heavy atom. The third kappa shape index (κ3) is 6.93. The van der Waals surface area contributed by atoms with Gasteiger partial charge in [-0.25, -0.2) is 0 Å². The van der Waals surface area contributed by atoms with Gasteiger partial charge in [-0.1, -0.05) is 37.9 Å². The normalized spacial score (nSPS) is 19.1. The summed E-state index contributed by atoms with van der Waals surface area (Å²) >= 11 is 6.75. The molecular weight excluding hydrogens is 292 g/mol. The highest BCUT2D eigenvalue weighted by Gasteiger charge is 2.31. The average molecular weight is 319 g/mol. The van der Waals surface area contributed by atoms with E-state index in [1.165, 1.54) is 50.8 Å². The van der Waals surface area contributed by atoms with Crippen LogP contribution in [0.2, 0.25) is 0 Å². The van der Waals surface area contributed by atoms with E-state index in [0.29, 0.717) is 23.0 Å². The molecule has 1 unspecified atom stereocenters. The summed E-state index contributed by atoms with van der Waals surface area (Å²) in [5.41, 5.74) is 0.345. The van der Waals surface area contributed by atoms with Crippen LogP contribution in [0.3, 0.4) is 0 Å². The van der Waals surface area contributed by atoms with Gasteiger partial charge in [0.15, 0.2) is 0 Å². The van der Waals surface area contributed by atoms with Crippen molar-refractivity contribution in [1.82, 2.24) is 0 Å². The van der Waals surface area contributed by atoms with Crippen LogP contribution >= 0.6 is 24.0 Å². The minimum absolute atomic E-state index is 0.195. The molecule has 1 aliphatic rings. The molecule has 1 rings (SSSR count). The van der Waals surface area contributed by atoms with Crippen molar-refractivity contribution in [1.29, 1.82) is 0 Å². The molecule has 0 aromatic rings. The largest absolute Gasteiger partial charge is 0.479 e. The topological polar surface area (TPSA) is 35.5 Å². The highest BCUT2D eigenvalue weighted by Crippen LogP contribution is 2.42. The quantitative estimate of drug-likeness (QED) is 0.538. The molecule has 0 spiro atoms. The summed E-state index contributed by atoms with van der Waals surface area (Å²) in [6.45, 7) is 6.73. The van der Waals surface area contributed by atoms with Crippen LogP contribution in [0.1, 0.15) is 59.3 Å². The molecule has 20 heavy (non-hydrogen) atoms. The molecule has 0 aliphatic heterocycles. The molecule has 1 atom stereocenters. The summed E-state index contributed by atoms with van der Waals surface area (Å²) in [5, 5.41) is 0.195. The van der Waals surface area contributed by atoms with E-state index in [-0.39, 0.29) is 11.2 Å². The Morgan fingerprint density at radius 2 is 1.95 bits per heavy atom. The third-order valence-corrected chi connectivity index (χ3v) is 5.13. The lowest BCUT2D eigenvalue weighted by molar-refractivity contribution is -0.141. The number of esters is 1. The molecule has 116 valence electrons. The Bertz CT molecular complexity index is 325. The van der Waals surface area contributed by atoms with Crippen molar-refractivity contribution < 1.29 is 14.3 Å². The summed E-state index contributed by atoms with van der Waals surface area (Å²) in [4.78, 5) is 11.0. The van der Waals surface area contributed by atoms with E-state index in [1.807, 2.05) is 6.92 Å². The van der Waals surface area contributed by atoms with Crippen LogP contribution in [0.25, 0.3) is 0 Å². The first-order valence-electron chi connectivity index (χ1n) is 7.42. The van der Waals surface area contributed by atoms with Gasteiger partial charge in [-0.2, -0.15) is 0 Å². The fourth-order valence-corrected chi connectivity index (χ4v) is 4.40. The Morgan fingerprint density at radius 3 is 2.50 bits per heavy atom. The van der Waals surface area contributed by atoms with Crippen LogP contribution in [0.5, 0.6) is 0 Å². The summed E-state index contributed by atoms with van der Waals surface area (Å²) in [7, 11) is 0. The van der Waals surface area contributed by atoms with Crippen molar-refractivity contribution in [2.24, 2.45) is 5.41 Å². The van der Waals surface area contributed by atoms with Crippen molar-refractivity contribution in [3.05, 3.63) is 0 Å². The Hall–Kier alpha value is -0.290. The molecule has 1 fully saturated rings. The van der Waals surface area contributed by atoms with Gasteiger partial charge in [-0.05, 0) is 43.8 Å². The molecule has 0 aromatic carbocycles. The zero-order chi connectivity index (χ0) is 15.0. The number of thiocarbonyl (C=S) groups is 1. The molecule has 5 heteroatoms. The second-order valence-corrected chi connectivity index (χ2v) is 7.70. The van der Waals surface area contributed by atoms with Crippen LogP contribution in [-0.4, -0.2) is 28.8 Å². The molecule has 0 heterocycles. The molecule has 0 saturated heterocycles. The summed E-state index contributed by atoms with van der Waals surface area (Å²) < 4.78 is 11.1. The highest BCUT2D eigenvalue weighted by molar-refractivity contribution is 8.23. The van der Waals surface area contributed by atoms with Gasteiger partial charge in [0, 0.05) is 12.2 Å². The predicted molar refractivity (Wildman–Crippen MR) is 88.0 cm³/mol. The fourth-order valence-electron chi connectivity index (χ4n) is 2.79. The lowest BCUT2D eigenvalue weighted by Crippen LogP contribution is -2.28. The summed E-state index contributed by atoms with van der Waals surface area (Å²) in [6.07, 6.45) is 7.48. The van der Waals surface area contributed by atoms with E-state index >= 15 is 0 Å². The second kappa shape index (κ2) is 8.88. The molecule has 0 bridgehead atoms. The zero-order valence-electron chi connectivity index (χ0n) is 12.8. The molecule has 1 saturated carbocycles. The van der Waals surface area contributed by atoms with Crippen LogP contribution in [0.15, 0.2) is 0 Å². The number of carbonyl (C=O) groups excluding carboxylic acids is 1. The number of hydrogen-bond acceptors (Lipinski definition) is 5. The Kier molecular flexibility index (Phi) is 7.88. The van der Waals surface area contributed by atoms with Crippen molar-refractivity contribution in [3.8, 4) is 0 Å². The molecule has 3 nitrogen and oxygen atoms in total. The summed E-state index contributed by atoms with van der Waals surface area (Å²) in [5.74, 6) is -0.230. The van der Waals surface area contributed by atoms with E-state index in [1.54, 1.807) is 0 Å². The van der Waals surface area contributed by atoms with Gasteiger partial charge in [-0.15, -0.1) is 0 Å². The van der Waals surface area contributed by atoms with Gasteiger partial charge >= 0.3 is 5.97 Å². The molecule has 0 radical (unpaired) electrons. The predicted octanol–water partition coefficient (Wildman–Crippen LogP) is 4.33. The van der Waals surface area contributed by atoms with Crippen molar-refractivity contribution in [2.45, 2.75) is 64.5 Å². The number of rotatable bonds is 6. The summed E-state index contributed by atoms with van der Waals surface area (Å²) in [6, 6.07) is 0. The van der Waals surface area contributed by atoms with Gasteiger partial charge in [0.2, 0.25) is 4.38 Å². The minimum atomic E-state index is -0.230. The van der Waals surface area contributed by atoms with Crippen molar-refractivity contribution in [3.63, 3.8) is 0 Å². The maximum atomic E-state index is 11.0. The molecule has 0 N–H and O–H groups in total. The maximum absolute atomic E-state index is 11.0. The van der Waals surface area contributed by atoms with Gasteiger partial charge in [0.25, 0.3) is 0 Å². The van der Waals surface area contributed by atoms with E-state index in [0.717, 1.165) is 6.42 Å². The van der Waals surface area contributed by atoms with Crippen molar-refractivity contribution in [2.75, 3.05) is 13.2 Å². The van der Waals surface area contributed by atoms with Gasteiger partial charge < -0.3 is 9.47 Å². The van der Waals surface area contributed by atoms with Gasteiger partial charge in [0.1, 0.15) is 6.61 Å². The molecule has 1 aliphatic carbocycles. The number of thioether (sulfide) groups is 1. The standard InChI is InChI=1S/C15H26O3S2/c1-4-17-14(19)20-13(11-18-12(2)16)10-15(3)8-6-5-7-9-15/h13H,4-11H2,1-3H3. The monoisotopic (exact) mass is 318 g/mol. The smallest absolute Gasteiger partial charge is 0.302 e. The average Bonchev–Trinajstić information content (AvgIpc) is 2.36. The van der Waals surface area contributed by atoms with Crippen LogP contribution in [0, 0.1) is 5.41 Å². The first kappa shape index (κ1) is 17.8. The van der Waals surface area contributed by atoms with Crippen molar-refractivity contribution >= 4 is 34.3 Å². The minimum Gasteiger partial charge on any atom is -0.479 e. The van der Waals surface area contributed by atoms with Crippen LogP contribution in [0.4, 0.5) is 0 Å². The van der Waals surface area contributed by atoms with E-state index < -0.39 is 0 Å². The van der Waals surface area contributed by atoms with E-state index in [4.69, 9.17) is 21.7 Å².